The van der Waals surface area contributed by atoms with Crippen LogP contribution >= 0.6 is 11.8 Å². The Morgan fingerprint density at radius 1 is 1.29 bits per heavy atom. The highest BCUT2D eigenvalue weighted by Crippen LogP contribution is 2.19. The van der Waals surface area contributed by atoms with E-state index in [-0.39, 0.29) is 0 Å². The second-order valence-corrected chi connectivity index (χ2v) is 4.66. The Bertz CT molecular complexity index is 290. The summed E-state index contributed by atoms with van der Waals surface area (Å²) in [7, 11) is 0. The molecule has 0 unspecified atom stereocenters. The van der Waals surface area contributed by atoms with Crippen LogP contribution in [0.15, 0.2) is 35.3 Å². The fourth-order valence-electron chi connectivity index (χ4n) is 1.11. The Morgan fingerprint density at radius 2 is 1.93 bits per heavy atom. The highest BCUT2D eigenvalue weighted by Gasteiger charge is 2.04. The fourth-order valence-corrected chi connectivity index (χ4v) is 1.90. The molecule has 0 bridgehead atoms. The predicted octanol–water partition coefficient (Wildman–Crippen LogP) is 4.13. The third-order valence-electron chi connectivity index (χ3n) is 1.78. The van der Waals surface area contributed by atoms with Crippen molar-refractivity contribution in [1.82, 2.24) is 0 Å². The monoisotopic (exact) mass is 207 g/mol. The number of hydrogen-bond donors (Lipinski definition) is 0. The highest BCUT2D eigenvalue weighted by atomic mass is 32.2. The Balaban J connectivity index is 2.82. The van der Waals surface area contributed by atoms with E-state index in [0.29, 0.717) is 5.92 Å². The minimum absolute atomic E-state index is 0.514. The number of hydrogen-bond acceptors (Lipinski definition) is 2. The summed E-state index contributed by atoms with van der Waals surface area (Å²) < 4.78 is 0. The lowest BCUT2D eigenvalue weighted by molar-refractivity contribution is 0.900. The lowest BCUT2D eigenvalue weighted by Gasteiger charge is -2.07. The first-order valence-electron chi connectivity index (χ1n) is 5.00. The van der Waals surface area contributed by atoms with Gasteiger partial charge in [-0.3, -0.25) is 0 Å². The topological polar surface area (TPSA) is 12.4 Å². The maximum absolute atomic E-state index is 4.63. The van der Waals surface area contributed by atoms with Crippen LogP contribution < -0.4 is 0 Å². The van der Waals surface area contributed by atoms with Gasteiger partial charge in [-0.2, -0.15) is 0 Å². The minimum atomic E-state index is 0.514. The number of para-hydroxylation sites is 1. The van der Waals surface area contributed by atoms with Gasteiger partial charge in [-0.05, 0) is 17.9 Å². The van der Waals surface area contributed by atoms with Crippen molar-refractivity contribution in [2.45, 2.75) is 20.8 Å². The molecule has 0 aliphatic carbocycles. The zero-order valence-corrected chi connectivity index (χ0v) is 9.84. The Hall–Kier alpha value is -0.760. The van der Waals surface area contributed by atoms with E-state index in [0.717, 1.165) is 11.4 Å². The Morgan fingerprint density at radius 3 is 2.43 bits per heavy atom. The average Bonchev–Trinajstić information content (AvgIpc) is 2.18. The molecule has 1 aromatic rings. The van der Waals surface area contributed by atoms with Gasteiger partial charge >= 0.3 is 0 Å². The van der Waals surface area contributed by atoms with Crippen molar-refractivity contribution < 1.29 is 0 Å². The Labute approximate surface area is 90.6 Å². The molecule has 0 saturated carbocycles. The second-order valence-electron chi connectivity index (χ2n) is 3.37. The number of thioether (sulfide) groups is 1. The number of benzene rings is 1. The molecule has 0 heterocycles. The van der Waals surface area contributed by atoms with Crippen LogP contribution in [-0.4, -0.2) is 10.8 Å². The maximum atomic E-state index is 4.63. The third kappa shape index (κ3) is 3.54. The van der Waals surface area contributed by atoms with Crippen molar-refractivity contribution in [3.05, 3.63) is 30.3 Å². The summed E-state index contributed by atoms with van der Waals surface area (Å²) in [4.78, 5) is 4.63. The summed E-state index contributed by atoms with van der Waals surface area (Å²) in [6.07, 6.45) is 0. The van der Waals surface area contributed by atoms with Gasteiger partial charge in [0.1, 0.15) is 0 Å². The van der Waals surface area contributed by atoms with E-state index in [1.165, 1.54) is 5.04 Å². The molecule has 0 N–H and O–H groups in total. The van der Waals surface area contributed by atoms with E-state index >= 15 is 0 Å². The molecule has 0 amide bonds. The molecule has 2 heteroatoms. The number of aliphatic imine (C=N–C) groups is 1. The first-order chi connectivity index (χ1) is 6.74. The molecule has 0 aliphatic rings. The smallest absolute Gasteiger partial charge is 0.0763 e. The van der Waals surface area contributed by atoms with E-state index in [2.05, 4.69) is 25.8 Å². The van der Waals surface area contributed by atoms with Gasteiger partial charge in [0.05, 0.1) is 10.7 Å². The van der Waals surface area contributed by atoms with Crippen LogP contribution in [-0.2, 0) is 0 Å². The zero-order valence-electron chi connectivity index (χ0n) is 9.03. The quantitative estimate of drug-likeness (QED) is 0.536. The van der Waals surface area contributed by atoms with Crippen LogP contribution in [0.2, 0.25) is 0 Å². The van der Waals surface area contributed by atoms with Crippen LogP contribution in [0.25, 0.3) is 0 Å². The molecule has 0 radical (unpaired) electrons. The number of nitrogens with zero attached hydrogens (tertiary/aromatic N) is 1. The summed E-state index contributed by atoms with van der Waals surface area (Å²) in [6, 6.07) is 10.1. The summed E-state index contributed by atoms with van der Waals surface area (Å²) >= 11 is 1.83. The summed E-state index contributed by atoms with van der Waals surface area (Å²) in [5, 5.41) is 1.22. The van der Waals surface area contributed by atoms with Crippen LogP contribution in [0.5, 0.6) is 0 Å². The molecule has 1 nitrogen and oxygen atoms in total. The summed E-state index contributed by atoms with van der Waals surface area (Å²) in [5.74, 6) is 1.60. The fraction of sp³-hybridized carbons (Fsp3) is 0.417. The maximum Gasteiger partial charge on any atom is 0.0763 e. The van der Waals surface area contributed by atoms with Crippen molar-refractivity contribution in [3.8, 4) is 0 Å². The highest BCUT2D eigenvalue weighted by molar-refractivity contribution is 8.13. The first-order valence-corrected chi connectivity index (χ1v) is 5.99. The Kier molecular flexibility index (Phi) is 4.74. The van der Waals surface area contributed by atoms with Gasteiger partial charge < -0.3 is 0 Å². The lowest BCUT2D eigenvalue weighted by atomic mass is 10.2. The average molecular weight is 207 g/mol. The SMILES string of the molecule is CCS/C(=N/c1ccccc1)C(C)C. The molecule has 14 heavy (non-hydrogen) atoms. The molecule has 1 aromatic carbocycles. The molecule has 1 rings (SSSR count). The van der Waals surface area contributed by atoms with Gasteiger partial charge in [0, 0.05) is 5.92 Å². The molecule has 76 valence electrons. The number of rotatable bonds is 3. The third-order valence-corrected chi connectivity index (χ3v) is 2.93. The molecule has 0 aliphatic heterocycles. The zero-order chi connectivity index (χ0) is 10.4. The van der Waals surface area contributed by atoms with Crippen LogP contribution in [0.4, 0.5) is 5.69 Å². The van der Waals surface area contributed by atoms with E-state index < -0.39 is 0 Å². The van der Waals surface area contributed by atoms with Crippen molar-refractivity contribution >= 4 is 22.5 Å². The van der Waals surface area contributed by atoms with Crippen LogP contribution in [0, 0.1) is 5.92 Å². The molecule has 0 saturated heterocycles. The van der Waals surface area contributed by atoms with E-state index in [9.17, 15) is 0 Å². The lowest BCUT2D eigenvalue weighted by Crippen LogP contribution is -2.02. The standard InChI is InChI=1S/C12H17NS/c1-4-14-12(10(2)3)13-11-8-6-5-7-9-11/h5-10H,4H2,1-3H3/b13-12+. The van der Waals surface area contributed by atoms with Crippen molar-refractivity contribution in [2.24, 2.45) is 10.9 Å². The first kappa shape index (κ1) is 11.3. The predicted molar refractivity (Wildman–Crippen MR) is 66.5 cm³/mol. The normalized spacial score (nSPS) is 12.1. The molecule has 0 atom stereocenters. The van der Waals surface area contributed by atoms with Gasteiger partial charge in [0.15, 0.2) is 0 Å². The van der Waals surface area contributed by atoms with Gasteiger partial charge in [-0.25, -0.2) is 4.99 Å². The van der Waals surface area contributed by atoms with Gasteiger partial charge in [0.2, 0.25) is 0 Å². The largest absolute Gasteiger partial charge is 0.246 e. The van der Waals surface area contributed by atoms with Crippen LogP contribution in [0.3, 0.4) is 0 Å². The van der Waals surface area contributed by atoms with Crippen molar-refractivity contribution in [1.29, 1.82) is 0 Å². The van der Waals surface area contributed by atoms with Gasteiger partial charge in [-0.1, -0.05) is 39.0 Å². The molecular formula is C12H17NS. The van der Waals surface area contributed by atoms with Gasteiger partial charge in [-0.15, -0.1) is 11.8 Å². The summed E-state index contributed by atoms with van der Waals surface area (Å²) in [6.45, 7) is 6.53. The summed E-state index contributed by atoms with van der Waals surface area (Å²) in [5.41, 5.74) is 1.05. The molecular weight excluding hydrogens is 190 g/mol. The van der Waals surface area contributed by atoms with Crippen LogP contribution in [0.1, 0.15) is 20.8 Å². The second kappa shape index (κ2) is 5.86. The van der Waals surface area contributed by atoms with Crippen molar-refractivity contribution in [3.63, 3.8) is 0 Å². The van der Waals surface area contributed by atoms with E-state index in [1.807, 2.05) is 42.1 Å². The van der Waals surface area contributed by atoms with Gasteiger partial charge in [0.25, 0.3) is 0 Å². The molecule has 0 spiro atoms. The van der Waals surface area contributed by atoms with Crippen molar-refractivity contribution in [2.75, 3.05) is 5.75 Å². The molecule has 0 aromatic heterocycles. The molecule has 0 fully saturated rings. The minimum Gasteiger partial charge on any atom is -0.246 e. The van der Waals surface area contributed by atoms with E-state index in [4.69, 9.17) is 0 Å². The van der Waals surface area contributed by atoms with E-state index in [1.54, 1.807) is 0 Å².